The van der Waals surface area contributed by atoms with Gasteiger partial charge in [0.2, 0.25) is 5.91 Å². The summed E-state index contributed by atoms with van der Waals surface area (Å²) in [6.07, 6.45) is 0.816. The van der Waals surface area contributed by atoms with Crippen LogP contribution in [0.4, 0.5) is 0 Å². The molecule has 5 heteroatoms. The number of hydrogen-bond acceptors (Lipinski definition) is 4. The van der Waals surface area contributed by atoms with Gasteiger partial charge in [-0.3, -0.25) is 9.59 Å². The summed E-state index contributed by atoms with van der Waals surface area (Å²) in [6, 6.07) is 4.50. The van der Waals surface area contributed by atoms with Crippen molar-refractivity contribution in [3.05, 3.63) is 34.4 Å². The molecule has 0 atom stereocenters. The fourth-order valence-electron chi connectivity index (χ4n) is 2.63. The smallest absolute Gasteiger partial charge is 0.315 e. The third kappa shape index (κ3) is 7.51. The van der Waals surface area contributed by atoms with Crippen LogP contribution in [0, 0.1) is 13.8 Å². The molecule has 0 bridgehead atoms. The Hall–Kier alpha value is -1.49. The molecule has 0 heterocycles. The van der Waals surface area contributed by atoms with Gasteiger partial charge in [-0.15, -0.1) is 11.8 Å². The zero-order valence-corrected chi connectivity index (χ0v) is 17.1. The first-order valence-electron chi connectivity index (χ1n) is 8.75. The first kappa shape index (κ1) is 21.6. The summed E-state index contributed by atoms with van der Waals surface area (Å²) < 4.78 is 4.83. The van der Waals surface area contributed by atoms with Crippen LogP contribution in [0.1, 0.15) is 49.9 Å². The van der Waals surface area contributed by atoms with Gasteiger partial charge in [0, 0.05) is 6.54 Å². The number of thioether (sulfide) groups is 1. The Kier molecular flexibility index (Phi) is 8.50. The molecule has 0 aliphatic rings. The minimum atomic E-state index is -0.273. The van der Waals surface area contributed by atoms with Crippen molar-refractivity contribution in [2.24, 2.45) is 0 Å². The molecule has 0 saturated heterocycles. The van der Waals surface area contributed by atoms with Crippen molar-refractivity contribution in [3.63, 3.8) is 0 Å². The fourth-order valence-corrected chi connectivity index (χ4v) is 3.27. The molecule has 0 aromatic heterocycles. The Labute approximate surface area is 156 Å². The van der Waals surface area contributed by atoms with Gasteiger partial charge >= 0.3 is 5.97 Å². The lowest BCUT2D eigenvalue weighted by Crippen LogP contribution is -2.28. The van der Waals surface area contributed by atoms with E-state index in [1.54, 1.807) is 6.92 Å². The van der Waals surface area contributed by atoms with Crippen LogP contribution < -0.4 is 5.32 Å². The highest BCUT2D eigenvalue weighted by Crippen LogP contribution is 2.27. The number of esters is 1. The van der Waals surface area contributed by atoms with Gasteiger partial charge in [-0.2, -0.15) is 0 Å². The molecule has 0 fully saturated rings. The number of carbonyl (C=O) groups excluding carboxylic acids is 2. The van der Waals surface area contributed by atoms with Gasteiger partial charge in [0.1, 0.15) is 0 Å². The van der Waals surface area contributed by atoms with E-state index in [9.17, 15) is 9.59 Å². The van der Waals surface area contributed by atoms with Gasteiger partial charge < -0.3 is 10.1 Å². The van der Waals surface area contributed by atoms with Crippen LogP contribution in [0.25, 0.3) is 0 Å². The van der Waals surface area contributed by atoms with Crippen LogP contribution in [0.3, 0.4) is 0 Å². The Morgan fingerprint density at radius 1 is 1.12 bits per heavy atom. The molecule has 140 valence electrons. The number of nitrogens with one attached hydrogen (secondary N) is 1. The summed E-state index contributed by atoms with van der Waals surface area (Å²) in [5, 5.41) is 2.92. The van der Waals surface area contributed by atoms with Crippen molar-refractivity contribution in [2.75, 3.05) is 24.7 Å². The summed E-state index contributed by atoms with van der Waals surface area (Å²) in [5.41, 5.74) is 5.32. The van der Waals surface area contributed by atoms with Crippen LogP contribution in [0.5, 0.6) is 0 Å². The monoisotopic (exact) mass is 365 g/mol. The Morgan fingerprint density at radius 2 is 1.72 bits per heavy atom. The predicted octanol–water partition coefficient (Wildman–Crippen LogP) is 3.56. The first-order chi connectivity index (χ1) is 11.6. The molecule has 0 unspecified atom stereocenters. The van der Waals surface area contributed by atoms with Gasteiger partial charge in [0.05, 0.1) is 18.1 Å². The van der Waals surface area contributed by atoms with Gasteiger partial charge in [0.25, 0.3) is 0 Å². The number of rotatable bonds is 8. The summed E-state index contributed by atoms with van der Waals surface area (Å²) in [4.78, 5) is 23.1. The number of benzene rings is 1. The number of hydrogen-bond donors (Lipinski definition) is 1. The summed E-state index contributed by atoms with van der Waals surface area (Å²) >= 11 is 1.28. The first-order valence-corrected chi connectivity index (χ1v) is 9.91. The number of carbonyl (C=O) groups is 2. The topological polar surface area (TPSA) is 55.4 Å². The molecule has 0 saturated carbocycles. The third-order valence-electron chi connectivity index (χ3n) is 4.02. The van der Waals surface area contributed by atoms with Crippen molar-refractivity contribution in [1.29, 1.82) is 0 Å². The van der Waals surface area contributed by atoms with Crippen molar-refractivity contribution in [2.45, 2.75) is 53.4 Å². The maximum absolute atomic E-state index is 11.8. The van der Waals surface area contributed by atoms with Crippen LogP contribution in [0.15, 0.2) is 12.1 Å². The van der Waals surface area contributed by atoms with Crippen LogP contribution in [0.2, 0.25) is 0 Å². The zero-order valence-electron chi connectivity index (χ0n) is 16.3. The standard InChI is InChI=1S/C20H31NO3S/c1-7-24-19(23)13-25-12-18(22)21-9-8-17-14(2)10-16(11-15(17)3)20(4,5)6/h10-11H,7-9,12-13H2,1-6H3,(H,21,22). The quantitative estimate of drug-likeness (QED) is 0.716. The van der Waals surface area contributed by atoms with Gasteiger partial charge in [-0.1, -0.05) is 32.9 Å². The molecule has 25 heavy (non-hydrogen) atoms. The average Bonchev–Trinajstić information content (AvgIpc) is 2.49. The predicted molar refractivity (Wildman–Crippen MR) is 105 cm³/mol. The highest BCUT2D eigenvalue weighted by molar-refractivity contribution is 8.00. The summed E-state index contributed by atoms with van der Waals surface area (Å²) in [5.74, 6) is 0.175. The molecular weight excluding hydrogens is 334 g/mol. The minimum Gasteiger partial charge on any atom is -0.465 e. The molecular formula is C20H31NO3S. The van der Waals surface area contributed by atoms with Gasteiger partial charge in [-0.25, -0.2) is 0 Å². The van der Waals surface area contributed by atoms with E-state index in [0.29, 0.717) is 13.2 Å². The van der Waals surface area contributed by atoms with Gasteiger partial charge in [0.15, 0.2) is 0 Å². The van der Waals surface area contributed by atoms with E-state index in [-0.39, 0.29) is 28.8 Å². The number of aryl methyl sites for hydroxylation is 2. The second kappa shape index (κ2) is 9.85. The Morgan fingerprint density at radius 3 is 2.24 bits per heavy atom. The highest BCUT2D eigenvalue weighted by Gasteiger charge is 2.16. The molecule has 1 aromatic carbocycles. The lowest BCUT2D eigenvalue weighted by molar-refractivity contribution is -0.139. The molecule has 0 aliphatic heterocycles. The van der Waals surface area contributed by atoms with Crippen molar-refractivity contribution in [3.8, 4) is 0 Å². The van der Waals surface area contributed by atoms with Gasteiger partial charge in [-0.05, 0) is 54.9 Å². The highest BCUT2D eigenvalue weighted by atomic mass is 32.2. The van der Waals surface area contributed by atoms with E-state index in [1.165, 1.54) is 34.0 Å². The zero-order chi connectivity index (χ0) is 19.0. The van der Waals surface area contributed by atoms with Crippen LogP contribution >= 0.6 is 11.8 Å². The summed E-state index contributed by atoms with van der Waals surface area (Å²) in [7, 11) is 0. The average molecular weight is 366 g/mol. The van der Waals surface area contributed by atoms with E-state index in [4.69, 9.17) is 4.74 Å². The lowest BCUT2D eigenvalue weighted by Gasteiger charge is -2.22. The van der Waals surface area contributed by atoms with E-state index in [1.807, 2.05) is 0 Å². The molecule has 1 amide bonds. The SMILES string of the molecule is CCOC(=O)CSCC(=O)NCCc1c(C)cc(C(C)(C)C)cc1C. The molecule has 0 aliphatic carbocycles. The summed E-state index contributed by atoms with van der Waals surface area (Å²) in [6.45, 7) is 13.7. The van der Waals surface area contributed by atoms with Crippen molar-refractivity contribution in [1.82, 2.24) is 5.32 Å². The lowest BCUT2D eigenvalue weighted by atomic mass is 9.83. The number of ether oxygens (including phenoxy) is 1. The molecule has 0 radical (unpaired) electrons. The van der Waals surface area contributed by atoms with Crippen LogP contribution in [-0.4, -0.2) is 36.5 Å². The van der Waals surface area contributed by atoms with E-state index in [2.05, 4.69) is 52.1 Å². The molecule has 1 rings (SSSR count). The van der Waals surface area contributed by atoms with E-state index in [0.717, 1.165) is 6.42 Å². The normalized spacial score (nSPS) is 11.3. The second-order valence-corrected chi connectivity index (χ2v) is 8.22. The largest absolute Gasteiger partial charge is 0.465 e. The van der Waals surface area contributed by atoms with E-state index >= 15 is 0 Å². The number of amides is 1. The molecule has 1 N–H and O–H groups in total. The Balaban J connectivity index is 2.46. The maximum atomic E-state index is 11.8. The fraction of sp³-hybridized carbons (Fsp3) is 0.600. The van der Waals surface area contributed by atoms with Crippen LogP contribution in [-0.2, 0) is 26.2 Å². The molecule has 0 spiro atoms. The van der Waals surface area contributed by atoms with E-state index < -0.39 is 0 Å². The van der Waals surface area contributed by atoms with Crippen molar-refractivity contribution >= 4 is 23.6 Å². The van der Waals surface area contributed by atoms with Crippen molar-refractivity contribution < 1.29 is 14.3 Å². The maximum Gasteiger partial charge on any atom is 0.315 e. The Bertz CT molecular complexity index is 582. The second-order valence-electron chi connectivity index (χ2n) is 7.24. The minimum absolute atomic E-state index is 0.0454. The molecule has 4 nitrogen and oxygen atoms in total. The molecule has 1 aromatic rings. The third-order valence-corrected chi connectivity index (χ3v) is 4.92.